The van der Waals surface area contributed by atoms with Crippen LogP contribution >= 0.6 is 12.4 Å². The Morgan fingerprint density at radius 3 is 2.64 bits per heavy atom. The van der Waals surface area contributed by atoms with Crippen LogP contribution in [0.2, 0.25) is 0 Å². The van der Waals surface area contributed by atoms with Crippen molar-refractivity contribution in [2.24, 2.45) is 4.99 Å². The van der Waals surface area contributed by atoms with Gasteiger partial charge in [-0.3, -0.25) is 4.99 Å². The third-order valence-corrected chi connectivity index (χ3v) is 4.19. The smallest absolute Gasteiger partial charge is 0.341 e. The zero-order chi connectivity index (χ0) is 16.5. The molecule has 1 aliphatic carbocycles. The zero-order valence-electron chi connectivity index (χ0n) is 13.3. The lowest BCUT2D eigenvalue weighted by Gasteiger charge is -2.19. The van der Waals surface area contributed by atoms with Gasteiger partial charge in [-0.2, -0.15) is 0 Å². The quantitative estimate of drug-likeness (QED) is 0.917. The number of carbonyl (C=O) groups is 1. The van der Waals surface area contributed by atoms with E-state index in [1.807, 2.05) is 36.6 Å². The predicted octanol–water partition coefficient (Wildman–Crippen LogP) is 2.27. The van der Waals surface area contributed by atoms with E-state index in [9.17, 15) is 4.79 Å². The fourth-order valence-electron chi connectivity index (χ4n) is 3.14. The van der Waals surface area contributed by atoms with Gasteiger partial charge < -0.3 is 9.84 Å². The van der Waals surface area contributed by atoms with Gasteiger partial charge in [-0.15, -0.1) is 12.4 Å². The number of aliphatic carboxylic acids is 1. The van der Waals surface area contributed by atoms with E-state index in [1.54, 1.807) is 12.1 Å². The van der Waals surface area contributed by atoms with Crippen molar-refractivity contribution in [1.29, 1.82) is 0 Å². The molecule has 1 N–H and O–H groups in total. The number of halogens is 1. The Bertz CT molecular complexity index is 990. The largest absolute Gasteiger partial charge is 0.482 e. The Balaban J connectivity index is 0.00000182. The number of benzene rings is 2. The third-order valence-electron chi connectivity index (χ3n) is 4.19. The molecule has 4 nitrogen and oxygen atoms in total. The van der Waals surface area contributed by atoms with Crippen molar-refractivity contribution in [2.75, 3.05) is 6.61 Å². The highest BCUT2D eigenvalue weighted by Crippen LogP contribution is 2.35. The fourth-order valence-corrected chi connectivity index (χ4v) is 3.14. The van der Waals surface area contributed by atoms with Gasteiger partial charge in [0, 0.05) is 6.21 Å². The van der Waals surface area contributed by atoms with Gasteiger partial charge >= 0.3 is 5.97 Å². The van der Waals surface area contributed by atoms with E-state index in [0.717, 1.165) is 5.56 Å². The Labute approximate surface area is 150 Å². The maximum Gasteiger partial charge on any atom is 0.341 e. The van der Waals surface area contributed by atoms with Crippen molar-refractivity contribution in [3.8, 4) is 5.75 Å². The number of rotatable bonds is 4. The van der Waals surface area contributed by atoms with Crippen LogP contribution in [0.15, 0.2) is 65.2 Å². The van der Waals surface area contributed by atoms with Crippen LogP contribution in [0.3, 0.4) is 0 Å². The van der Waals surface area contributed by atoms with E-state index in [-0.39, 0.29) is 25.1 Å². The summed E-state index contributed by atoms with van der Waals surface area (Å²) >= 11 is 0. The number of hydrogen-bond donors (Lipinski definition) is 1. The first-order valence-corrected chi connectivity index (χ1v) is 7.72. The summed E-state index contributed by atoms with van der Waals surface area (Å²) in [7, 11) is 0. The Hall–Kier alpha value is -2.85. The number of carboxylic acid groups (broad SMARTS) is 1. The monoisotopic (exact) mass is 353 g/mol. The van der Waals surface area contributed by atoms with E-state index in [1.165, 1.54) is 21.6 Å². The molecule has 4 rings (SSSR count). The van der Waals surface area contributed by atoms with Crippen LogP contribution in [-0.4, -0.2) is 23.9 Å². The summed E-state index contributed by atoms with van der Waals surface area (Å²) < 4.78 is 5.19. The number of aliphatic imine (C=N–C) groups is 1. The van der Waals surface area contributed by atoms with Crippen LogP contribution in [0.1, 0.15) is 11.6 Å². The highest BCUT2D eigenvalue weighted by molar-refractivity contribution is 5.94. The third kappa shape index (κ3) is 3.21. The predicted molar refractivity (Wildman–Crippen MR) is 99.7 cm³/mol. The number of fused-ring (bicyclic) bond motifs is 2. The molecule has 1 atom stereocenters. The van der Waals surface area contributed by atoms with Crippen LogP contribution in [0, 0.1) is 0 Å². The zero-order valence-corrected chi connectivity index (χ0v) is 14.1. The van der Waals surface area contributed by atoms with Crippen molar-refractivity contribution < 1.29 is 14.6 Å². The SMILES string of the molecule is Cl.O=C(O)COc1ccc(C2N=CC=C3C=c4ccccc4=C32)cc1. The van der Waals surface area contributed by atoms with Gasteiger partial charge in [-0.25, -0.2) is 4.79 Å². The number of ether oxygens (including phenoxy) is 1. The average molecular weight is 354 g/mol. The standard InChI is InChI=1S/C20H15NO3.ClH/c22-18(23)12-24-16-7-5-13(6-8-16)20-19-15(9-10-21-20)11-14-3-1-2-4-17(14)19;/h1-11,20H,12H2,(H,22,23);1H. The molecule has 2 aromatic carbocycles. The van der Waals surface area contributed by atoms with Crippen molar-refractivity contribution in [1.82, 2.24) is 0 Å². The average Bonchev–Trinajstić information content (AvgIpc) is 2.99. The van der Waals surface area contributed by atoms with Crippen LogP contribution in [-0.2, 0) is 4.79 Å². The lowest BCUT2D eigenvalue weighted by molar-refractivity contribution is -0.139. The first kappa shape index (κ1) is 17.0. The van der Waals surface area contributed by atoms with Crippen molar-refractivity contribution in [3.05, 3.63) is 76.2 Å². The summed E-state index contributed by atoms with van der Waals surface area (Å²) in [6, 6.07) is 15.7. The van der Waals surface area contributed by atoms with Gasteiger partial charge in [0.25, 0.3) is 0 Å². The topological polar surface area (TPSA) is 58.9 Å². The Morgan fingerprint density at radius 2 is 1.88 bits per heavy atom. The maximum absolute atomic E-state index is 10.6. The van der Waals surface area contributed by atoms with Crippen molar-refractivity contribution >= 4 is 36.2 Å². The first-order chi connectivity index (χ1) is 11.7. The van der Waals surface area contributed by atoms with Crippen molar-refractivity contribution in [2.45, 2.75) is 6.04 Å². The number of allylic oxidation sites excluding steroid dienone is 1. The van der Waals surface area contributed by atoms with Gasteiger partial charge in [0.1, 0.15) is 11.8 Å². The van der Waals surface area contributed by atoms with Crippen LogP contribution in [0.5, 0.6) is 5.75 Å². The normalized spacial score (nSPS) is 16.9. The minimum Gasteiger partial charge on any atom is -0.482 e. The summed E-state index contributed by atoms with van der Waals surface area (Å²) in [5, 5.41) is 11.1. The lowest BCUT2D eigenvalue weighted by atomic mass is 9.92. The number of carboxylic acids is 1. The molecule has 2 aliphatic rings. The van der Waals surface area contributed by atoms with Crippen molar-refractivity contribution in [3.63, 3.8) is 0 Å². The molecule has 1 unspecified atom stereocenters. The second-order valence-electron chi connectivity index (χ2n) is 5.72. The van der Waals surface area contributed by atoms with E-state index < -0.39 is 5.97 Å². The van der Waals surface area contributed by atoms with Crippen LogP contribution < -0.4 is 15.2 Å². The second-order valence-corrected chi connectivity index (χ2v) is 5.72. The Morgan fingerprint density at radius 1 is 1.12 bits per heavy atom. The molecule has 126 valence electrons. The minimum absolute atomic E-state index is 0. The van der Waals surface area contributed by atoms with E-state index in [4.69, 9.17) is 9.84 Å². The van der Waals surface area contributed by atoms with E-state index in [2.05, 4.69) is 23.2 Å². The minimum atomic E-state index is -0.987. The number of hydrogen-bond acceptors (Lipinski definition) is 3. The molecule has 0 aromatic heterocycles. The molecule has 0 fully saturated rings. The summed E-state index contributed by atoms with van der Waals surface area (Å²) in [4.78, 5) is 15.2. The molecule has 1 aliphatic heterocycles. The summed E-state index contributed by atoms with van der Waals surface area (Å²) in [6.07, 6.45) is 6.07. The first-order valence-electron chi connectivity index (χ1n) is 7.72. The fraction of sp³-hybridized carbons (Fsp3) is 0.100. The van der Waals surface area contributed by atoms with Gasteiger partial charge in [-0.1, -0.05) is 36.4 Å². The molecule has 1 heterocycles. The Kier molecular flexibility index (Phi) is 4.72. The summed E-state index contributed by atoms with van der Waals surface area (Å²) in [5.74, 6) is -0.445. The van der Waals surface area contributed by atoms with Gasteiger partial charge in [0.15, 0.2) is 6.61 Å². The van der Waals surface area contributed by atoms with Gasteiger partial charge in [-0.05, 0) is 51.4 Å². The van der Waals surface area contributed by atoms with Crippen LogP contribution in [0.4, 0.5) is 0 Å². The number of nitrogens with zero attached hydrogens (tertiary/aromatic N) is 1. The summed E-state index contributed by atoms with van der Waals surface area (Å²) in [6.45, 7) is -0.340. The molecular formula is C20H16ClNO3. The molecule has 0 saturated heterocycles. The van der Waals surface area contributed by atoms with Crippen LogP contribution in [0.25, 0.3) is 11.6 Å². The molecule has 2 aromatic rings. The molecular weight excluding hydrogens is 338 g/mol. The molecule has 0 bridgehead atoms. The number of dihydropyridines is 1. The van der Waals surface area contributed by atoms with E-state index >= 15 is 0 Å². The van der Waals surface area contributed by atoms with Gasteiger partial charge in [0.2, 0.25) is 0 Å². The highest BCUT2D eigenvalue weighted by Gasteiger charge is 2.23. The van der Waals surface area contributed by atoms with E-state index in [0.29, 0.717) is 5.75 Å². The summed E-state index contributed by atoms with van der Waals surface area (Å²) in [5.41, 5.74) is 3.47. The maximum atomic E-state index is 10.6. The lowest BCUT2D eigenvalue weighted by Crippen LogP contribution is -2.23. The molecule has 25 heavy (non-hydrogen) atoms. The molecule has 0 amide bonds. The highest BCUT2D eigenvalue weighted by atomic mass is 35.5. The molecule has 5 heteroatoms. The second kappa shape index (κ2) is 6.95. The molecule has 0 spiro atoms. The van der Waals surface area contributed by atoms with Gasteiger partial charge in [0.05, 0.1) is 0 Å². The molecule has 0 radical (unpaired) electrons. The molecule has 0 saturated carbocycles.